The van der Waals surface area contributed by atoms with Crippen molar-refractivity contribution in [3.63, 3.8) is 0 Å². The molecule has 1 unspecified atom stereocenters. The van der Waals surface area contributed by atoms with E-state index in [1.807, 2.05) is 12.1 Å². The number of nitrogens with one attached hydrogen (secondary N) is 1. The molecule has 0 saturated heterocycles. The molecule has 4 N–H and O–H groups in total. The van der Waals surface area contributed by atoms with Crippen molar-refractivity contribution in [2.45, 2.75) is 57.1 Å². The lowest BCUT2D eigenvalue weighted by molar-refractivity contribution is -0.159. The van der Waals surface area contributed by atoms with E-state index in [4.69, 9.17) is 40.9 Å². The van der Waals surface area contributed by atoms with Crippen LogP contribution in [0.5, 0.6) is 5.75 Å². The normalized spacial score (nSPS) is 15.8. The number of carboxylic acid groups (broad SMARTS) is 2. The quantitative estimate of drug-likeness (QED) is 0.337. The molecule has 1 aliphatic carbocycles. The number of hydrogen-bond acceptors (Lipinski definition) is 6. The van der Waals surface area contributed by atoms with Crippen molar-refractivity contribution in [3.8, 4) is 5.75 Å². The Morgan fingerprint density at radius 3 is 2.13 bits per heavy atom. The van der Waals surface area contributed by atoms with Gasteiger partial charge >= 0.3 is 11.9 Å². The van der Waals surface area contributed by atoms with Crippen LogP contribution in [-0.2, 0) is 14.3 Å². The molecule has 0 spiro atoms. The van der Waals surface area contributed by atoms with Gasteiger partial charge in [0, 0.05) is 17.6 Å². The summed E-state index contributed by atoms with van der Waals surface area (Å²) in [7, 11) is 0. The number of rotatable bonds is 9. The fraction of sp³-hybridized carbons (Fsp3) is 0.619. The summed E-state index contributed by atoms with van der Waals surface area (Å²) in [5, 5.41) is 29.0. The molecule has 9 heteroatoms. The summed E-state index contributed by atoms with van der Waals surface area (Å²) in [6.07, 6.45) is 8.64. The van der Waals surface area contributed by atoms with E-state index in [1.165, 1.54) is 44.9 Å². The summed E-state index contributed by atoms with van der Waals surface area (Å²) in [6, 6.07) is 7.80. The fourth-order valence-electron chi connectivity index (χ4n) is 2.99. The summed E-state index contributed by atoms with van der Waals surface area (Å²) in [4.78, 5) is 18.2. The van der Waals surface area contributed by atoms with E-state index in [0.717, 1.165) is 5.75 Å². The first-order chi connectivity index (χ1) is 14.4. The first-order valence-electron chi connectivity index (χ1n) is 10.2. The van der Waals surface area contributed by atoms with Crippen LogP contribution in [0.25, 0.3) is 0 Å². The summed E-state index contributed by atoms with van der Waals surface area (Å²) in [5.74, 6) is -2.88. The lowest BCUT2D eigenvalue weighted by Crippen LogP contribution is -2.38. The molecular formula is C21H32ClNO7. The van der Waals surface area contributed by atoms with Gasteiger partial charge in [-0.15, -0.1) is 0 Å². The zero-order chi connectivity index (χ0) is 22.2. The van der Waals surface area contributed by atoms with Crippen LogP contribution < -0.4 is 10.1 Å². The van der Waals surface area contributed by atoms with Crippen molar-refractivity contribution in [1.82, 2.24) is 5.32 Å². The van der Waals surface area contributed by atoms with E-state index < -0.39 is 18.0 Å². The van der Waals surface area contributed by atoms with Crippen molar-refractivity contribution < 1.29 is 34.4 Å². The Morgan fingerprint density at radius 2 is 1.57 bits per heavy atom. The van der Waals surface area contributed by atoms with Crippen LogP contribution in [0.2, 0.25) is 5.02 Å². The number of halogens is 1. The summed E-state index contributed by atoms with van der Waals surface area (Å²) < 4.78 is 11.0. The highest BCUT2D eigenvalue weighted by Crippen LogP contribution is 2.17. The number of benzene rings is 1. The van der Waals surface area contributed by atoms with Gasteiger partial charge in [0.15, 0.2) is 0 Å². The van der Waals surface area contributed by atoms with Crippen molar-refractivity contribution in [2.24, 2.45) is 0 Å². The molecule has 170 valence electrons. The minimum Gasteiger partial charge on any atom is -0.491 e. The predicted molar refractivity (Wildman–Crippen MR) is 113 cm³/mol. The monoisotopic (exact) mass is 445 g/mol. The SMILES string of the molecule is O=C(O)C(=O)O.OC(CNC1CCCCCCC1)COCCOc1ccc(Cl)cc1. The van der Waals surface area contributed by atoms with Crippen LogP contribution in [-0.4, -0.2) is 65.8 Å². The Morgan fingerprint density at radius 1 is 1.00 bits per heavy atom. The summed E-state index contributed by atoms with van der Waals surface area (Å²) >= 11 is 5.82. The molecule has 1 aromatic rings. The Hall–Kier alpha value is -1.87. The number of carboxylic acids is 2. The molecule has 0 heterocycles. The van der Waals surface area contributed by atoms with Crippen LogP contribution in [0.1, 0.15) is 44.9 Å². The maximum absolute atomic E-state index is 10.0. The molecule has 1 aromatic carbocycles. The summed E-state index contributed by atoms with van der Waals surface area (Å²) in [5.41, 5.74) is 0. The Bertz CT molecular complexity index is 592. The second-order valence-electron chi connectivity index (χ2n) is 7.09. The molecule has 0 aromatic heterocycles. The first kappa shape index (κ1) is 26.2. The third kappa shape index (κ3) is 13.4. The van der Waals surface area contributed by atoms with Crippen LogP contribution >= 0.6 is 11.6 Å². The van der Waals surface area contributed by atoms with E-state index >= 15 is 0 Å². The zero-order valence-electron chi connectivity index (χ0n) is 17.1. The van der Waals surface area contributed by atoms with Gasteiger partial charge in [-0.25, -0.2) is 9.59 Å². The maximum atomic E-state index is 10.0. The van der Waals surface area contributed by atoms with Crippen LogP contribution in [0.15, 0.2) is 24.3 Å². The number of ether oxygens (including phenoxy) is 2. The average Bonchev–Trinajstić information content (AvgIpc) is 2.68. The molecular weight excluding hydrogens is 414 g/mol. The largest absolute Gasteiger partial charge is 0.491 e. The van der Waals surface area contributed by atoms with Gasteiger partial charge in [0.25, 0.3) is 0 Å². The molecule has 8 nitrogen and oxygen atoms in total. The molecule has 1 atom stereocenters. The van der Waals surface area contributed by atoms with Gasteiger partial charge in [-0.05, 0) is 37.1 Å². The van der Waals surface area contributed by atoms with Gasteiger partial charge < -0.3 is 30.1 Å². The van der Waals surface area contributed by atoms with Crippen molar-refractivity contribution in [1.29, 1.82) is 0 Å². The number of aliphatic hydroxyl groups is 1. The van der Waals surface area contributed by atoms with Gasteiger partial charge in [0.05, 0.1) is 19.3 Å². The molecule has 30 heavy (non-hydrogen) atoms. The van der Waals surface area contributed by atoms with E-state index in [2.05, 4.69) is 5.32 Å². The molecule has 0 radical (unpaired) electrons. The zero-order valence-corrected chi connectivity index (χ0v) is 17.9. The van der Waals surface area contributed by atoms with Gasteiger partial charge in [-0.3, -0.25) is 0 Å². The van der Waals surface area contributed by atoms with Gasteiger partial charge in [-0.1, -0.05) is 43.7 Å². The Labute approximate surface area is 182 Å². The van der Waals surface area contributed by atoms with Gasteiger partial charge in [0.1, 0.15) is 12.4 Å². The van der Waals surface area contributed by atoms with E-state index in [-0.39, 0.29) is 0 Å². The van der Waals surface area contributed by atoms with Gasteiger partial charge in [0.2, 0.25) is 0 Å². The smallest absolute Gasteiger partial charge is 0.414 e. The number of carbonyl (C=O) groups is 2. The van der Waals surface area contributed by atoms with E-state index in [9.17, 15) is 5.11 Å². The Balaban J connectivity index is 0.000000656. The second-order valence-corrected chi connectivity index (χ2v) is 7.53. The molecule has 2 rings (SSSR count). The van der Waals surface area contributed by atoms with Crippen LogP contribution in [0, 0.1) is 0 Å². The second kappa shape index (κ2) is 15.9. The van der Waals surface area contributed by atoms with Crippen LogP contribution in [0.4, 0.5) is 0 Å². The minimum absolute atomic E-state index is 0.337. The lowest BCUT2D eigenvalue weighted by Gasteiger charge is -2.22. The van der Waals surface area contributed by atoms with Crippen molar-refractivity contribution in [3.05, 3.63) is 29.3 Å². The van der Waals surface area contributed by atoms with E-state index in [0.29, 0.717) is 37.4 Å². The molecule has 1 saturated carbocycles. The lowest BCUT2D eigenvalue weighted by atomic mass is 9.97. The highest BCUT2D eigenvalue weighted by Gasteiger charge is 2.13. The first-order valence-corrected chi connectivity index (χ1v) is 10.6. The van der Waals surface area contributed by atoms with Gasteiger partial charge in [-0.2, -0.15) is 0 Å². The average molecular weight is 446 g/mol. The molecule has 0 amide bonds. The summed E-state index contributed by atoms with van der Waals surface area (Å²) in [6.45, 7) is 1.86. The standard InChI is InChI=1S/C19H30ClNO3.C2H2O4/c20-16-8-10-19(11-9-16)24-13-12-23-15-18(22)14-21-17-6-4-2-1-3-5-7-17;3-1(4)2(5)6/h8-11,17-18,21-22H,1-7,12-15H2;(H,3,4)(H,5,6). The molecule has 1 aliphatic rings. The van der Waals surface area contributed by atoms with E-state index in [1.54, 1.807) is 12.1 Å². The molecule has 0 bridgehead atoms. The third-order valence-corrected chi connectivity index (χ3v) is 4.80. The third-order valence-electron chi connectivity index (χ3n) is 4.55. The van der Waals surface area contributed by atoms with Crippen LogP contribution in [0.3, 0.4) is 0 Å². The highest BCUT2D eigenvalue weighted by molar-refractivity contribution is 6.30. The number of aliphatic hydroxyl groups excluding tert-OH is 1. The Kier molecular flexibility index (Phi) is 13.9. The van der Waals surface area contributed by atoms with Crippen molar-refractivity contribution in [2.75, 3.05) is 26.4 Å². The number of aliphatic carboxylic acids is 2. The number of hydrogen-bond donors (Lipinski definition) is 4. The maximum Gasteiger partial charge on any atom is 0.414 e. The minimum atomic E-state index is -1.82. The fourth-order valence-corrected chi connectivity index (χ4v) is 3.12. The highest BCUT2D eigenvalue weighted by atomic mass is 35.5. The predicted octanol–water partition coefficient (Wildman–Crippen LogP) is 2.95. The molecule has 1 fully saturated rings. The topological polar surface area (TPSA) is 125 Å². The molecule has 0 aliphatic heterocycles. The van der Waals surface area contributed by atoms with Crippen molar-refractivity contribution >= 4 is 23.5 Å².